The minimum Gasteiger partial charge on any atom is -0.398 e. The number of thioether (sulfide) groups is 1. The number of aliphatic hydroxyl groups excluding tert-OH is 12. The van der Waals surface area contributed by atoms with Gasteiger partial charge in [0.2, 0.25) is 0 Å². The molecule has 4 aliphatic rings. The maximum Gasteiger partial charge on any atom is 0.187 e. The number of nitrogen functional groups attached to an aromatic ring is 1. The summed E-state index contributed by atoms with van der Waals surface area (Å²) in [6.07, 6.45) is -24.1. The molecular formula is C31H48N2O17S. The van der Waals surface area contributed by atoms with Crippen LogP contribution < -0.4 is 11.1 Å². The number of rotatable bonds is 11. The number of ether oxygens (including phenoxy) is 5. The maximum atomic E-state index is 11.1. The molecule has 0 saturated carbocycles. The lowest BCUT2D eigenvalue weighted by atomic mass is 9.86. The molecule has 3 heterocycles. The molecule has 3 aliphatic heterocycles. The molecule has 19 atom stereocenters. The zero-order valence-electron chi connectivity index (χ0n) is 27.4. The van der Waals surface area contributed by atoms with Crippen LogP contribution in [0, 0.1) is 0 Å². The SMILES string of the molecule is CC1OC(OC2C(CO)OC(OC3C(CO)OC(Sc4ccccc4N)C(O)C3O)C(O)C2O)C(O)C(O)C1NC1C=C(CO)C(O)C(O)C1O. The second-order valence-electron chi connectivity index (χ2n) is 13.0. The van der Waals surface area contributed by atoms with E-state index in [1.807, 2.05) is 0 Å². The Balaban J connectivity index is 1.22. The molecule has 0 aromatic heterocycles. The molecule has 5 rings (SSSR count). The van der Waals surface area contributed by atoms with Gasteiger partial charge >= 0.3 is 0 Å². The third-order valence-corrected chi connectivity index (χ3v) is 10.9. The number of benzene rings is 1. The molecule has 0 amide bonds. The molecule has 19 unspecified atom stereocenters. The van der Waals surface area contributed by atoms with E-state index in [1.165, 1.54) is 13.0 Å². The van der Waals surface area contributed by atoms with Crippen LogP contribution in [0.3, 0.4) is 0 Å². The fraction of sp³-hybridized carbons (Fsp3) is 0.742. The smallest absolute Gasteiger partial charge is 0.187 e. The Morgan fingerprint density at radius 1 is 0.706 bits per heavy atom. The normalized spacial score (nSPS) is 46.5. The summed E-state index contributed by atoms with van der Waals surface area (Å²) >= 11 is 1.01. The number of hydrogen-bond acceptors (Lipinski definition) is 20. The highest BCUT2D eigenvalue weighted by Gasteiger charge is 2.54. The van der Waals surface area contributed by atoms with Crippen molar-refractivity contribution in [1.29, 1.82) is 0 Å². The van der Waals surface area contributed by atoms with Crippen molar-refractivity contribution in [2.75, 3.05) is 25.6 Å². The van der Waals surface area contributed by atoms with E-state index in [0.717, 1.165) is 11.8 Å². The fourth-order valence-corrected chi connectivity index (χ4v) is 7.72. The fourth-order valence-electron chi connectivity index (χ4n) is 6.61. The first kappa shape index (κ1) is 40.6. The molecule has 51 heavy (non-hydrogen) atoms. The first-order valence-corrected chi connectivity index (χ1v) is 17.3. The molecule has 290 valence electrons. The van der Waals surface area contributed by atoms with Crippen LogP contribution in [0.2, 0.25) is 0 Å². The monoisotopic (exact) mass is 752 g/mol. The summed E-state index contributed by atoms with van der Waals surface area (Å²) in [7, 11) is 0. The summed E-state index contributed by atoms with van der Waals surface area (Å²) in [5.41, 5.74) is 5.33. The van der Waals surface area contributed by atoms with Gasteiger partial charge in [0.1, 0.15) is 84.8 Å². The predicted molar refractivity (Wildman–Crippen MR) is 172 cm³/mol. The Hall–Kier alpha value is -1.61. The highest BCUT2D eigenvalue weighted by atomic mass is 32.2. The van der Waals surface area contributed by atoms with Gasteiger partial charge in [0.15, 0.2) is 12.6 Å². The largest absolute Gasteiger partial charge is 0.398 e. The highest BCUT2D eigenvalue weighted by molar-refractivity contribution is 8.00. The van der Waals surface area contributed by atoms with Gasteiger partial charge in [0.05, 0.1) is 38.0 Å². The first-order chi connectivity index (χ1) is 24.2. The van der Waals surface area contributed by atoms with Crippen LogP contribution in [0.25, 0.3) is 0 Å². The highest BCUT2D eigenvalue weighted by Crippen LogP contribution is 2.38. The van der Waals surface area contributed by atoms with Crippen molar-refractivity contribution in [3.8, 4) is 0 Å². The topological polar surface area (TPSA) is 327 Å². The van der Waals surface area contributed by atoms with E-state index >= 15 is 0 Å². The Morgan fingerprint density at radius 3 is 1.88 bits per heavy atom. The van der Waals surface area contributed by atoms with E-state index in [1.54, 1.807) is 24.3 Å². The Labute approximate surface area is 296 Å². The van der Waals surface area contributed by atoms with Crippen molar-refractivity contribution in [3.05, 3.63) is 35.9 Å². The molecule has 3 saturated heterocycles. The molecular weight excluding hydrogens is 704 g/mol. The van der Waals surface area contributed by atoms with Crippen LogP contribution in [0.1, 0.15) is 6.92 Å². The summed E-state index contributed by atoms with van der Waals surface area (Å²) < 4.78 is 28.7. The molecule has 1 aromatic rings. The average Bonchev–Trinajstić information content (AvgIpc) is 3.12. The van der Waals surface area contributed by atoms with Crippen LogP contribution in [0.5, 0.6) is 0 Å². The second-order valence-corrected chi connectivity index (χ2v) is 14.1. The van der Waals surface area contributed by atoms with Crippen LogP contribution >= 0.6 is 11.8 Å². The first-order valence-electron chi connectivity index (χ1n) is 16.4. The average molecular weight is 753 g/mol. The van der Waals surface area contributed by atoms with Gasteiger partial charge in [-0.25, -0.2) is 0 Å². The third-order valence-electron chi connectivity index (χ3n) is 9.62. The van der Waals surface area contributed by atoms with Crippen molar-refractivity contribution >= 4 is 17.4 Å². The number of nitrogens with two attached hydrogens (primary N) is 1. The van der Waals surface area contributed by atoms with Gasteiger partial charge in [0.25, 0.3) is 0 Å². The Bertz CT molecular complexity index is 1310. The minimum atomic E-state index is -1.92. The Kier molecular flexibility index (Phi) is 13.7. The predicted octanol–water partition coefficient (Wildman–Crippen LogP) is -6.18. The number of anilines is 1. The van der Waals surface area contributed by atoms with E-state index in [2.05, 4.69) is 5.32 Å². The molecule has 3 fully saturated rings. The summed E-state index contributed by atoms with van der Waals surface area (Å²) in [5.74, 6) is 0. The van der Waals surface area contributed by atoms with Crippen molar-refractivity contribution in [3.63, 3.8) is 0 Å². The molecule has 20 heteroatoms. The lowest BCUT2D eigenvalue weighted by molar-refractivity contribution is -0.366. The van der Waals surface area contributed by atoms with Gasteiger partial charge in [0, 0.05) is 10.6 Å². The van der Waals surface area contributed by atoms with Crippen LogP contribution in [-0.4, -0.2) is 197 Å². The molecule has 0 bridgehead atoms. The van der Waals surface area contributed by atoms with Crippen LogP contribution in [-0.2, 0) is 23.7 Å². The van der Waals surface area contributed by atoms with Crippen molar-refractivity contribution in [2.45, 2.75) is 127 Å². The molecule has 15 N–H and O–H groups in total. The molecule has 1 aliphatic carbocycles. The van der Waals surface area contributed by atoms with Crippen molar-refractivity contribution in [1.82, 2.24) is 5.32 Å². The zero-order valence-corrected chi connectivity index (χ0v) is 28.2. The van der Waals surface area contributed by atoms with Gasteiger partial charge in [-0.1, -0.05) is 30.0 Å². The summed E-state index contributed by atoms with van der Waals surface area (Å²) in [5, 5.41) is 129. The van der Waals surface area contributed by atoms with Gasteiger partial charge in [-0.3, -0.25) is 0 Å². The maximum absolute atomic E-state index is 11.1. The molecule has 0 radical (unpaired) electrons. The van der Waals surface area contributed by atoms with E-state index < -0.39 is 135 Å². The van der Waals surface area contributed by atoms with Crippen LogP contribution in [0.4, 0.5) is 5.69 Å². The lowest BCUT2D eigenvalue weighted by Gasteiger charge is -2.49. The Morgan fingerprint density at radius 2 is 1.27 bits per heavy atom. The van der Waals surface area contributed by atoms with Crippen molar-refractivity contribution in [2.24, 2.45) is 0 Å². The van der Waals surface area contributed by atoms with Gasteiger partial charge in [-0.2, -0.15) is 0 Å². The summed E-state index contributed by atoms with van der Waals surface area (Å²) in [4.78, 5) is 0.550. The van der Waals surface area contributed by atoms with E-state index in [0.29, 0.717) is 10.6 Å². The van der Waals surface area contributed by atoms with Gasteiger partial charge in [-0.15, -0.1) is 0 Å². The van der Waals surface area contributed by atoms with Crippen molar-refractivity contribution < 1.29 is 85.0 Å². The van der Waals surface area contributed by atoms with Crippen LogP contribution in [0.15, 0.2) is 40.8 Å². The molecule has 19 nitrogen and oxygen atoms in total. The minimum absolute atomic E-state index is 0.0264. The zero-order chi connectivity index (χ0) is 37.3. The second kappa shape index (κ2) is 17.2. The summed E-state index contributed by atoms with van der Waals surface area (Å²) in [6.45, 7) is -0.637. The summed E-state index contributed by atoms with van der Waals surface area (Å²) in [6, 6.07) is 4.58. The number of hydrogen-bond donors (Lipinski definition) is 14. The quantitative estimate of drug-likeness (QED) is 0.0738. The van der Waals surface area contributed by atoms with Gasteiger partial charge < -0.3 is 96.0 Å². The third kappa shape index (κ3) is 8.39. The number of aliphatic hydroxyl groups is 12. The van der Waals surface area contributed by atoms with E-state index in [9.17, 15) is 61.3 Å². The van der Waals surface area contributed by atoms with E-state index in [4.69, 9.17) is 29.4 Å². The van der Waals surface area contributed by atoms with Gasteiger partial charge in [-0.05, 0) is 24.6 Å². The standard InChI is InChI=1S/C31H48N2O17S/c1-10-17(33-13-6-11(7-34)18(37)21(40)19(13)38)20(39)24(43)29(46-10)49-27-14(8-35)47-30(25(44)22(27)41)50-28-15(9-36)48-31(26(45)23(28)42)51-16-5-3-2-4-12(16)32/h2-6,10,13-15,17-31,33-45H,7-9,32H2,1H3. The van der Waals surface area contributed by atoms with E-state index in [-0.39, 0.29) is 5.57 Å². The number of para-hydroxylation sites is 1. The number of nitrogens with one attached hydrogen (secondary N) is 1. The molecule has 1 aromatic carbocycles. The lowest BCUT2D eigenvalue weighted by Crippen LogP contribution is -2.68. The molecule has 0 spiro atoms.